The molecule has 0 aliphatic carbocycles. The van der Waals surface area contributed by atoms with E-state index in [2.05, 4.69) is 19.5 Å². The molecular formula is C20H23N5O10P-. The van der Waals surface area contributed by atoms with Crippen LogP contribution < -0.4 is 20.9 Å². The zero-order valence-electron chi connectivity index (χ0n) is 19.2. The normalized spacial score (nSPS) is 21.8. The molecule has 0 bridgehead atoms. The highest BCUT2D eigenvalue weighted by molar-refractivity contribution is 7.45. The van der Waals surface area contributed by atoms with Crippen molar-refractivity contribution in [1.82, 2.24) is 9.55 Å². The van der Waals surface area contributed by atoms with Crippen molar-refractivity contribution in [3.05, 3.63) is 72.9 Å². The third-order valence-electron chi connectivity index (χ3n) is 5.14. The molecule has 2 N–H and O–H groups in total. The van der Waals surface area contributed by atoms with Gasteiger partial charge in [0.25, 0.3) is 13.4 Å². The van der Waals surface area contributed by atoms with Crippen molar-refractivity contribution in [3.63, 3.8) is 0 Å². The smallest absolute Gasteiger partial charge is 0.330 e. The van der Waals surface area contributed by atoms with Crippen molar-refractivity contribution >= 4 is 13.8 Å². The number of esters is 1. The molecule has 3 rings (SSSR count). The van der Waals surface area contributed by atoms with Crippen molar-refractivity contribution in [2.45, 2.75) is 58.0 Å². The Hall–Kier alpha value is -3.29. The van der Waals surface area contributed by atoms with Crippen LogP contribution in [0.25, 0.3) is 10.4 Å². The maximum atomic E-state index is 12.3. The van der Waals surface area contributed by atoms with Gasteiger partial charge in [-0.3, -0.25) is 28.2 Å². The number of H-pyrrole nitrogens is 1. The molecule has 0 saturated carbocycles. The van der Waals surface area contributed by atoms with Crippen LogP contribution >= 0.6 is 7.82 Å². The number of phosphoric ester groups is 1. The Morgan fingerprint density at radius 3 is 2.75 bits per heavy atom. The molecule has 2 heterocycles. The van der Waals surface area contributed by atoms with Crippen molar-refractivity contribution in [1.29, 1.82) is 0 Å². The summed E-state index contributed by atoms with van der Waals surface area (Å²) >= 11 is 0. The number of benzene rings is 1. The Morgan fingerprint density at radius 1 is 1.42 bits per heavy atom. The van der Waals surface area contributed by atoms with E-state index >= 15 is 0 Å². The van der Waals surface area contributed by atoms with Gasteiger partial charge in [-0.25, -0.2) is 4.79 Å². The third kappa shape index (κ3) is 6.89. The van der Waals surface area contributed by atoms with Crippen LogP contribution in [0.3, 0.4) is 0 Å². The Bertz CT molecular complexity index is 1300. The first-order chi connectivity index (χ1) is 17.0. The second kappa shape index (κ2) is 11.6. The molecule has 2 aromatic rings. The zero-order valence-corrected chi connectivity index (χ0v) is 20.1. The van der Waals surface area contributed by atoms with Gasteiger partial charge in [0.2, 0.25) is 0 Å². The van der Waals surface area contributed by atoms with Crippen molar-refractivity contribution < 1.29 is 37.9 Å². The number of carbonyl (C=O) groups excluding carboxylic acids is 1. The van der Waals surface area contributed by atoms with E-state index in [-0.39, 0.29) is 24.2 Å². The molecule has 0 amide bonds. The fraction of sp³-hybridized carbons (Fsp3) is 0.450. The lowest BCUT2D eigenvalue weighted by atomic mass is 10.1. The molecule has 1 fully saturated rings. The summed E-state index contributed by atoms with van der Waals surface area (Å²) in [4.78, 5) is 52.1. The van der Waals surface area contributed by atoms with Gasteiger partial charge in [-0.2, -0.15) is 0 Å². The average Bonchev–Trinajstić information content (AvgIpc) is 3.24. The average molecular weight is 524 g/mol. The number of aliphatic hydroxyl groups excluding tert-OH is 1. The standard InChI is InChI=1S/C20H24N5O10P/c1-3-16(26)33-13-6-4-12(5-7-13)10-32-36(30,31)35-19(28)17-14(23-24-21)8-15(34-17)25-9-11(2)18(27)22-20(25)29/h4-7,9,14-15,17,19,28H,3,8,10H2,1-2H3,(H,30,31)(H,22,27,29)/p-1/t14?,15-,17+,19?/m1/s1. The number of rotatable bonds is 10. The van der Waals surface area contributed by atoms with Gasteiger partial charge in [-0.1, -0.05) is 24.2 Å². The van der Waals surface area contributed by atoms with Gasteiger partial charge in [-0.05, 0) is 30.2 Å². The molecule has 1 saturated heterocycles. The maximum Gasteiger partial charge on any atom is 0.330 e. The highest BCUT2D eigenvalue weighted by Gasteiger charge is 2.42. The number of hydrogen-bond acceptors (Lipinski definition) is 11. The van der Waals surface area contributed by atoms with Crippen molar-refractivity contribution in [2.75, 3.05) is 0 Å². The highest BCUT2D eigenvalue weighted by atomic mass is 31.2. The second-order valence-corrected chi connectivity index (χ2v) is 9.09. The molecular weight excluding hydrogens is 501 g/mol. The molecule has 0 spiro atoms. The van der Waals surface area contributed by atoms with E-state index in [1.807, 2.05) is 0 Å². The topological polar surface area (TPSA) is 218 Å². The van der Waals surface area contributed by atoms with Gasteiger partial charge >= 0.3 is 11.7 Å². The summed E-state index contributed by atoms with van der Waals surface area (Å²) in [6.07, 6.45) is -3.38. The predicted molar refractivity (Wildman–Crippen MR) is 119 cm³/mol. The number of nitrogens with one attached hydrogen (secondary N) is 1. The van der Waals surface area contributed by atoms with Crippen LogP contribution in [0, 0.1) is 6.92 Å². The number of ether oxygens (including phenoxy) is 2. The molecule has 194 valence electrons. The lowest BCUT2D eigenvalue weighted by Gasteiger charge is -2.29. The fourth-order valence-corrected chi connectivity index (χ4v) is 4.07. The predicted octanol–water partition coefficient (Wildman–Crippen LogP) is 1.15. The van der Waals surface area contributed by atoms with Crippen LogP contribution in [0.2, 0.25) is 0 Å². The van der Waals surface area contributed by atoms with E-state index in [1.165, 1.54) is 37.4 Å². The van der Waals surface area contributed by atoms with Crippen molar-refractivity contribution in [2.24, 2.45) is 5.11 Å². The number of phosphoric acid groups is 1. The van der Waals surface area contributed by atoms with E-state index < -0.39 is 56.3 Å². The quantitative estimate of drug-likeness (QED) is 0.0858. The van der Waals surface area contributed by atoms with Gasteiger partial charge in [0, 0.05) is 29.5 Å². The minimum absolute atomic E-state index is 0.112. The molecule has 15 nitrogen and oxygen atoms in total. The van der Waals surface area contributed by atoms with Crippen LogP contribution in [0.15, 0.2) is 45.2 Å². The summed E-state index contributed by atoms with van der Waals surface area (Å²) in [7, 11) is -5.08. The first-order valence-corrected chi connectivity index (χ1v) is 12.1. The molecule has 1 aromatic heterocycles. The van der Waals surface area contributed by atoms with E-state index in [4.69, 9.17) is 19.5 Å². The van der Waals surface area contributed by atoms with E-state index in [9.17, 15) is 28.9 Å². The minimum atomic E-state index is -5.08. The Kier molecular flexibility index (Phi) is 8.82. The summed E-state index contributed by atoms with van der Waals surface area (Å²) in [6.45, 7) is 2.65. The summed E-state index contributed by atoms with van der Waals surface area (Å²) in [5, 5.41) is 13.9. The number of nitrogens with zero attached hydrogens (tertiary/aromatic N) is 4. The van der Waals surface area contributed by atoms with Gasteiger partial charge in [0.05, 0.1) is 12.6 Å². The number of hydrogen-bond donors (Lipinski definition) is 2. The Balaban J connectivity index is 1.65. The van der Waals surface area contributed by atoms with Gasteiger partial charge in [0.15, 0.2) is 6.29 Å². The second-order valence-electron chi connectivity index (χ2n) is 7.73. The highest BCUT2D eigenvalue weighted by Crippen LogP contribution is 2.43. The number of aromatic amines is 1. The van der Waals surface area contributed by atoms with Gasteiger partial charge in [-0.15, -0.1) is 0 Å². The number of aliphatic hydroxyl groups is 1. The van der Waals surface area contributed by atoms with Gasteiger partial charge < -0.3 is 24.0 Å². The van der Waals surface area contributed by atoms with Crippen LogP contribution in [0.4, 0.5) is 0 Å². The van der Waals surface area contributed by atoms with Crippen LogP contribution in [0.1, 0.15) is 37.1 Å². The minimum Gasteiger partial charge on any atom is -0.756 e. The molecule has 0 radical (unpaired) electrons. The monoisotopic (exact) mass is 524 g/mol. The summed E-state index contributed by atoms with van der Waals surface area (Å²) < 4.78 is 33.4. The fourth-order valence-electron chi connectivity index (χ4n) is 3.32. The van der Waals surface area contributed by atoms with E-state index in [0.717, 1.165) is 4.57 Å². The Morgan fingerprint density at radius 2 is 2.11 bits per heavy atom. The summed E-state index contributed by atoms with van der Waals surface area (Å²) in [6, 6.07) is 4.75. The first-order valence-electron chi connectivity index (χ1n) is 10.7. The largest absolute Gasteiger partial charge is 0.756 e. The third-order valence-corrected chi connectivity index (χ3v) is 6.06. The number of aromatic nitrogens is 2. The van der Waals surface area contributed by atoms with E-state index in [1.54, 1.807) is 6.92 Å². The van der Waals surface area contributed by atoms with E-state index in [0.29, 0.717) is 5.56 Å². The molecule has 5 atom stereocenters. The number of azide groups is 1. The zero-order chi connectivity index (χ0) is 26.5. The number of aryl methyl sites for hydroxylation is 1. The lowest BCUT2D eigenvalue weighted by molar-refractivity contribution is -0.252. The molecule has 1 aromatic carbocycles. The van der Waals surface area contributed by atoms with Crippen LogP contribution in [-0.2, 0) is 29.8 Å². The van der Waals surface area contributed by atoms with Crippen molar-refractivity contribution in [3.8, 4) is 5.75 Å². The molecule has 1 aliphatic heterocycles. The van der Waals surface area contributed by atoms with Gasteiger partial charge in [0.1, 0.15) is 18.1 Å². The maximum absolute atomic E-state index is 12.3. The molecule has 36 heavy (non-hydrogen) atoms. The Labute approximate surface area is 203 Å². The van der Waals surface area contributed by atoms with Crippen LogP contribution in [0.5, 0.6) is 5.75 Å². The summed E-state index contributed by atoms with van der Waals surface area (Å²) in [5.74, 6) is -0.155. The lowest BCUT2D eigenvalue weighted by Crippen LogP contribution is -2.37. The molecule has 16 heteroatoms. The molecule has 1 aliphatic rings. The first kappa shape index (κ1) is 27.3. The SMILES string of the molecule is CCC(=O)Oc1ccc(COP(=O)([O-])OC(O)[C@H]2O[C@@H](n3cc(C)c(=O)[nH]c3=O)CC2N=[N+]=[N-])cc1. The molecule has 3 unspecified atom stereocenters. The summed E-state index contributed by atoms with van der Waals surface area (Å²) in [5.41, 5.74) is 8.04. The number of carbonyl (C=O) groups is 1. The van der Waals surface area contributed by atoms with Crippen LogP contribution in [-0.4, -0.2) is 39.1 Å².